The normalized spacial score (nSPS) is 15.7. The number of rotatable bonds is 4. The van der Waals surface area contributed by atoms with Gasteiger partial charge in [-0.25, -0.2) is 0 Å². The number of hydrogen-bond acceptors (Lipinski definition) is 3. The van der Waals surface area contributed by atoms with Gasteiger partial charge in [-0.15, -0.1) is 0 Å². The third kappa shape index (κ3) is 4.08. The van der Waals surface area contributed by atoms with E-state index in [1.807, 2.05) is 30.3 Å². The second-order valence-corrected chi connectivity index (χ2v) is 4.88. The van der Waals surface area contributed by atoms with E-state index in [1.165, 1.54) is 19.3 Å². The van der Waals surface area contributed by atoms with E-state index in [2.05, 4.69) is 10.2 Å². The maximum atomic E-state index is 11.5. The van der Waals surface area contributed by atoms with Gasteiger partial charge in [0.1, 0.15) is 6.42 Å². The van der Waals surface area contributed by atoms with Crippen LogP contribution in [-0.4, -0.2) is 23.9 Å². The summed E-state index contributed by atoms with van der Waals surface area (Å²) in [6, 6.07) is 9.69. The van der Waals surface area contributed by atoms with E-state index in [9.17, 15) is 4.79 Å². The third-order valence-electron chi connectivity index (χ3n) is 3.37. The third-order valence-corrected chi connectivity index (χ3v) is 3.37. The predicted molar refractivity (Wildman–Crippen MR) is 74.4 cm³/mol. The van der Waals surface area contributed by atoms with Gasteiger partial charge in [-0.1, -0.05) is 24.6 Å². The average Bonchev–Trinajstić information content (AvgIpc) is 2.42. The Morgan fingerprint density at radius 2 is 2.00 bits per heavy atom. The van der Waals surface area contributed by atoms with Gasteiger partial charge in [0.25, 0.3) is 0 Å². The number of piperidine rings is 1. The van der Waals surface area contributed by atoms with E-state index in [0.29, 0.717) is 0 Å². The van der Waals surface area contributed by atoms with Crippen LogP contribution in [0, 0.1) is 11.3 Å². The first-order valence-corrected chi connectivity index (χ1v) is 6.76. The molecule has 0 aromatic heterocycles. The monoisotopic (exact) mass is 257 g/mol. The Bertz CT molecular complexity index is 473. The summed E-state index contributed by atoms with van der Waals surface area (Å²) in [4.78, 5) is 13.9. The molecule has 0 atom stereocenters. The number of hydrogen-bond donors (Lipinski definition) is 1. The maximum Gasteiger partial charge on any atom is 0.238 e. The number of carbonyl (C=O) groups is 1. The van der Waals surface area contributed by atoms with Crippen LogP contribution in [0.4, 0.5) is 5.69 Å². The molecule has 4 heteroatoms. The lowest BCUT2D eigenvalue weighted by Crippen LogP contribution is -2.29. The van der Waals surface area contributed by atoms with E-state index in [0.717, 1.165) is 30.9 Å². The molecule has 100 valence electrons. The first-order valence-electron chi connectivity index (χ1n) is 6.76. The number of benzene rings is 1. The van der Waals surface area contributed by atoms with E-state index in [1.54, 1.807) is 0 Å². The van der Waals surface area contributed by atoms with E-state index >= 15 is 0 Å². The van der Waals surface area contributed by atoms with Crippen molar-refractivity contribution in [3.63, 3.8) is 0 Å². The minimum absolute atomic E-state index is 0.0992. The molecule has 1 fully saturated rings. The van der Waals surface area contributed by atoms with Crippen molar-refractivity contribution in [2.24, 2.45) is 0 Å². The van der Waals surface area contributed by atoms with Crippen molar-refractivity contribution in [2.75, 3.05) is 18.4 Å². The van der Waals surface area contributed by atoms with Crippen LogP contribution >= 0.6 is 0 Å². The zero-order valence-electron chi connectivity index (χ0n) is 11.1. The van der Waals surface area contributed by atoms with Gasteiger partial charge in [0.05, 0.1) is 6.07 Å². The van der Waals surface area contributed by atoms with Gasteiger partial charge < -0.3 is 5.32 Å². The molecule has 1 aromatic rings. The fourth-order valence-electron chi connectivity index (χ4n) is 2.40. The summed E-state index contributed by atoms with van der Waals surface area (Å²) in [5.41, 5.74) is 1.95. The molecule has 0 radical (unpaired) electrons. The summed E-state index contributed by atoms with van der Waals surface area (Å²) in [6.45, 7) is 3.12. The molecule has 4 nitrogen and oxygen atoms in total. The van der Waals surface area contributed by atoms with Crippen LogP contribution in [0.1, 0.15) is 31.2 Å². The van der Waals surface area contributed by atoms with Gasteiger partial charge in [0, 0.05) is 12.2 Å². The number of carbonyl (C=O) groups excluding carboxylic acids is 1. The van der Waals surface area contributed by atoms with Gasteiger partial charge in [-0.3, -0.25) is 9.69 Å². The second-order valence-electron chi connectivity index (χ2n) is 4.88. The number of nitrogens with zero attached hydrogens (tertiary/aromatic N) is 2. The topological polar surface area (TPSA) is 56.1 Å². The largest absolute Gasteiger partial charge is 0.325 e. The Hall–Kier alpha value is -1.86. The molecule has 1 saturated heterocycles. The van der Waals surface area contributed by atoms with Crippen molar-refractivity contribution in [3.05, 3.63) is 29.8 Å². The molecule has 0 saturated carbocycles. The summed E-state index contributed by atoms with van der Waals surface area (Å²) in [7, 11) is 0. The van der Waals surface area contributed by atoms with Crippen molar-refractivity contribution >= 4 is 11.6 Å². The first-order chi connectivity index (χ1) is 9.29. The van der Waals surface area contributed by atoms with E-state index in [-0.39, 0.29) is 12.3 Å². The zero-order chi connectivity index (χ0) is 13.5. The van der Waals surface area contributed by atoms with E-state index in [4.69, 9.17) is 5.26 Å². The zero-order valence-corrected chi connectivity index (χ0v) is 11.1. The maximum absolute atomic E-state index is 11.5. The number of amides is 1. The molecule has 1 heterocycles. The highest BCUT2D eigenvalue weighted by Gasteiger charge is 2.13. The minimum Gasteiger partial charge on any atom is -0.325 e. The van der Waals surface area contributed by atoms with Gasteiger partial charge >= 0.3 is 0 Å². The lowest BCUT2D eigenvalue weighted by atomic mass is 10.1. The Morgan fingerprint density at radius 3 is 2.74 bits per heavy atom. The van der Waals surface area contributed by atoms with Crippen LogP contribution < -0.4 is 5.32 Å². The Morgan fingerprint density at radius 1 is 1.26 bits per heavy atom. The van der Waals surface area contributed by atoms with Gasteiger partial charge in [-0.2, -0.15) is 5.26 Å². The van der Waals surface area contributed by atoms with Crippen LogP contribution in [0.2, 0.25) is 0 Å². The molecule has 1 aliphatic heterocycles. The van der Waals surface area contributed by atoms with Crippen molar-refractivity contribution in [1.82, 2.24) is 4.90 Å². The molecule has 2 rings (SSSR count). The highest BCUT2D eigenvalue weighted by Crippen LogP contribution is 2.19. The summed E-state index contributed by atoms with van der Waals surface area (Å²) in [5, 5.41) is 11.3. The highest BCUT2D eigenvalue weighted by molar-refractivity contribution is 5.92. The van der Waals surface area contributed by atoms with E-state index < -0.39 is 0 Å². The fourth-order valence-corrected chi connectivity index (χ4v) is 2.40. The molecule has 0 unspecified atom stereocenters. The summed E-state index contributed by atoms with van der Waals surface area (Å²) in [5.74, 6) is -0.242. The molecule has 0 spiro atoms. The fraction of sp³-hybridized carbons (Fsp3) is 0.467. The SMILES string of the molecule is N#CCC(=O)Nc1ccccc1CN1CCCCC1. The molecular weight excluding hydrogens is 238 g/mol. The van der Waals surface area contributed by atoms with Crippen LogP contribution in [0.25, 0.3) is 0 Å². The second kappa shape index (κ2) is 6.91. The van der Waals surface area contributed by atoms with Crippen LogP contribution in [0.3, 0.4) is 0 Å². The quantitative estimate of drug-likeness (QED) is 0.901. The minimum atomic E-state index is -0.242. The number of para-hydroxylation sites is 1. The van der Waals surface area contributed by atoms with Gasteiger partial charge in [0.15, 0.2) is 0 Å². The molecule has 1 aliphatic rings. The average molecular weight is 257 g/mol. The molecule has 0 bridgehead atoms. The summed E-state index contributed by atoms with van der Waals surface area (Å²) in [6.07, 6.45) is 3.72. The smallest absolute Gasteiger partial charge is 0.238 e. The molecule has 1 N–H and O–H groups in total. The number of likely N-dealkylation sites (tertiary alicyclic amines) is 1. The standard InChI is InChI=1S/C15H19N3O/c16-9-8-15(19)17-14-7-3-2-6-13(14)12-18-10-4-1-5-11-18/h2-3,6-7H,1,4-5,8,10-12H2,(H,17,19). The Balaban J connectivity index is 2.03. The highest BCUT2D eigenvalue weighted by atomic mass is 16.1. The molecular formula is C15H19N3O. The number of nitriles is 1. The molecule has 0 aliphatic carbocycles. The van der Waals surface area contributed by atoms with Crippen molar-refractivity contribution in [2.45, 2.75) is 32.2 Å². The van der Waals surface area contributed by atoms with Crippen molar-refractivity contribution in [1.29, 1.82) is 5.26 Å². The molecule has 19 heavy (non-hydrogen) atoms. The predicted octanol–water partition coefficient (Wildman–Crippen LogP) is 2.52. The van der Waals surface area contributed by atoms with Gasteiger partial charge in [-0.05, 0) is 37.6 Å². The first kappa shape index (κ1) is 13.6. The Kier molecular flexibility index (Phi) is 4.93. The number of anilines is 1. The number of nitrogens with one attached hydrogen (secondary N) is 1. The van der Waals surface area contributed by atoms with Crippen LogP contribution in [0.5, 0.6) is 0 Å². The molecule has 1 amide bonds. The summed E-state index contributed by atoms with van der Waals surface area (Å²) < 4.78 is 0. The lowest BCUT2D eigenvalue weighted by Gasteiger charge is -2.27. The van der Waals surface area contributed by atoms with Crippen LogP contribution in [0.15, 0.2) is 24.3 Å². The van der Waals surface area contributed by atoms with Crippen molar-refractivity contribution in [3.8, 4) is 6.07 Å². The van der Waals surface area contributed by atoms with Crippen LogP contribution in [-0.2, 0) is 11.3 Å². The molecule has 1 aromatic carbocycles. The summed E-state index contributed by atoms with van der Waals surface area (Å²) >= 11 is 0. The lowest BCUT2D eigenvalue weighted by molar-refractivity contribution is -0.115. The van der Waals surface area contributed by atoms with Crippen molar-refractivity contribution < 1.29 is 4.79 Å². The Labute approximate surface area is 114 Å². The van der Waals surface area contributed by atoms with Gasteiger partial charge in [0.2, 0.25) is 5.91 Å².